The van der Waals surface area contributed by atoms with Crippen molar-refractivity contribution in [3.63, 3.8) is 0 Å². The highest BCUT2D eigenvalue weighted by Gasteiger charge is 2.13. The predicted octanol–water partition coefficient (Wildman–Crippen LogP) is 4.75. The van der Waals surface area contributed by atoms with Gasteiger partial charge in [-0.2, -0.15) is 0 Å². The van der Waals surface area contributed by atoms with Crippen molar-refractivity contribution >= 4 is 34.1 Å². The molecule has 3 heteroatoms. The quantitative estimate of drug-likeness (QED) is 0.669. The zero-order valence-corrected chi connectivity index (χ0v) is 10.3. The van der Waals surface area contributed by atoms with Crippen LogP contribution in [0.25, 0.3) is 10.9 Å². The second-order valence-corrected chi connectivity index (χ2v) is 4.59. The van der Waals surface area contributed by atoms with Gasteiger partial charge in [-0.05, 0) is 25.5 Å². The molecule has 0 aliphatic rings. The summed E-state index contributed by atoms with van der Waals surface area (Å²) < 4.78 is 2.10. The van der Waals surface area contributed by atoms with Crippen molar-refractivity contribution < 1.29 is 0 Å². The molecule has 0 fully saturated rings. The molecule has 15 heavy (non-hydrogen) atoms. The van der Waals surface area contributed by atoms with Crippen LogP contribution in [0.2, 0.25) is 5.02 Å². The van der Waals surface area contributed by atoms with Crippen LogP contribution in [-0.4, -0.2) is 4.57 Å². The van der Waals surface area contributed by atoms with Gasteiger partial charge in [-0.1, -0.05) is 42.3 Å². The first-order valence-corrected chi connectivity index (χ1v) is 5.86. The minimum Gasteiger partial charge on any atom is -0.327 e. The molecule has 1 unspecified atom stereocenters. The summed E-state index contributed by atoms with van der Waals surface area (Å²) in [4.78, 5) is 0. The van der Waals surface area contributed by atoms with Crippen LogP contribution in [-0.2, 0) is 0 Å². The molecular weight excluding hydrogens is 229 g/mol. The molecule has 1 nitrogen and oxygen atoms in total. The molecular formula is C12H13Cl2N. The van der Waals surface area contributed by atoms with Crippen LogP contribution in [0.15, 0.2) is 24.3 Å². The lowest BCUT2D eigenvalue weighted by Gasteiger charge is -2.14. The minimum absolute atomic E-state index is 0.0256. The Morgan fingerprint density at radius 3 is 2.80 bits per heavy atom. The van der Waals surface area contributed by atoms with Crippen molar-refractivity contribution in [1.82, 2.24) is 4.57 Å². The fourth-order valence-corrected chi connectivity index (χ4v) is 2.44. The summed E-state index contributed by atoms with van der Waals surface area (Å²) in [5, 5.41) is 1.92. The van der Waals surface area contributed by atoms with Gasteiger partial charge >= 0.3 is 0 Å². The monoisotopic (exact) mass is 241 g/mol. The van der Waals surface area contributed by atoms with Gasteiger partial charge in [-0.15, -0.1) is 0 Å². The van der Waals surface area contributed by atoms with Crippen molar-refractivity contribution in [1.29, 1.82) is 0 Å². The van der Waals surface area contributed by atoms with Gasteiger partial charge in [0.15, 0.2) is 0 Å². The maximum atomic E-state index is 6.29. The van der Waals surface area contributed by atoms with E-state index < -0.39 is 0 Å². The number of para-hydroxylation sites is 1. The molecule has 0 radical (unpaired) electrons. The summed E-state index contributed by atoms with van der Waals surface area (Å²) >= 11 is 12.5. The van der Waals surface area contributed by atoms with E-state index in [0.717, 1.165) is 28.0 Å². The van der Waals surface area contributed by atoms with Gasteiger partial charge in [0.2, 0.25) is 0 Å². The molecule has 0 amide bonds. The number of aryl methyl sites for hydroxylation is 1. The molecule has 0 aliphatic carbocycles. The van der Waals surface area contributed by atoms with E-state index >= 15 is 0 Å². The van der Waals surface area contributed by atoms with E-state index in [-0.39, 0.29) is 5.50 Å². The average molecular weight is 242 g/mol. The summed E-state index contributed by atoms with van der Waals surface area (Å²) in [5.74, 6) is 0. The molecule has 0 saturated heterocycles. The topological polar surface area (TPSA) is 4.93 Å². The lowest BCUT2D eigenvalue weighted by atomic mass is 10.2. The Bertz CT molecular complexity index is 488. The number of hydrogen-bond donors (Lipinski definition) is 0. The van der Waals surface area contributed by atoms with Crippen molar-refractivity contribution in [3.8, 4) is 0 Å². The van der Waals surface area contributed by atoms with E-state index in [0.29, 0.717) is 0 Å². The highest BCUT2D eigenvalue weighted by Crippen LogP contribution is 2.32. The van der Waals surface area contributed by atoms with Gasteiger partial charge in [0.25, 0.3) is 0 Å². The van der Waals surface area contributed by atoms with Crippen LogP contribution < -0.4 is 0 Å². The molecule has 0 bridgehead atoms. The van der Waals surface area contributed by atoms with Crippen molar-refractivity contribution in [2.45, 2.75) is 25.8 Å². The molecule has 0 N–H and O–H groups in total. The van der Waals surface area contributed by atoms with E-state index in [2.05, 4.69) is 30.5 Å². The van der Waals surface area contributed by atoms with E-state index in [1.807, 2.05) is 12.1 Å². The van der Waals surface area contributed by atoms with Crippen LogP contribution in [0, 0.1) is 6.92 Å². The minimum atomic E-state index is -0.0256. The van der Waals surface area contributed by atoms with Gasteiger partial charge in [-0.3, -0.25) is 0 Å². The Hall–Kier alpha value is -0.660. The SMILES string of the molecule is CCC(Cl)n1c(C)cc2cccc(Cl)c21. The average Bonchev–Trinajstić information content (AvgIpc) is 2.55. The Kier molecular flexibility index (Phi) is 2.94. The summed E-state index contributed by atoms with van der Waals surface area (Å²) in [6.07, 6.45) is 0.886. The number of aromatic nitrogens is 1. The first-order chi connectivity index (χ1) is 7.15. The number of fused-ring (bicyclic) bond motifs is 1. The van der Waals surface area contributed by atoms with Gasteiger partial charge in [-0.25, -0.2) is 0 Å². The zero-order valence-electron chi connectivity index (χ0n) is 8.80. The number of rotatable bonds is 2. The van der Waals surface area contributed by atoms with E-state index in [4.69, 9.17) is 23.2 Å². The number of hydrogen-bond acceptors (Lipinski definition) is 0. The number of alkyl halides is 1. The second-order valence-electron chi connectivity index (χ2n) is 3.68. The highest BCUT2D eigenvalue weighted by atomic mass is 35.5. The number of halogens is 2. The van der Waals surface area contributed by atoms with E-state index in [9.17, 15) is 0 Å². The van der Waals surface area contributed by atoms with Crippen LogP contribution in [0.5, 0.6) is 0 Å². The Morgan fingerprint density at radius 2 is 2.13 bits per heavy atom. The van der Waals surface area contributed by atoms with Crippen molar-refractivity contribution in [2.75, 3.05) is 0 Å². The van der Waals surface area contributed by atoms with Gasteiger partial charge in [0.1, 0.15) is 5.50 Å². The lowest BCUT2D eigenvalue weighted by molar-refractivity contribution is 0.654. The Labute approximate surface area is 99.6 Å². The third-order valence-electron chi connectivity index (χ3n) is 2.62. The molecule has 1 aromatic heterocycles. The molecule has 80 valence electrons. The van der Waals surface area contributed by atoms with Gasteiger partial charge in [0.05, 0.1) is 10.5 Å². The maximum absolute atomic E-state index is 6.29. The number of nitrogens with zero attached hydrogens (tertiary/aromatic N) is 1. The lowest BCUT2D eigenvalue weighted by Crippen LogP contribution is -2.03. The summed E-state index contributed by atoms with van der Waals surface area (Å²) in [6.45, 7) is 4.13. The molecule has 0 spiro atoms. The summed E-state index contributed by atoms with van der Waals surface area (Å²) in [6, 6.07) is 8.04. The smallest absolute Gasteiger partial charge is 0.108 e. The largest absolute Gasteiger partial charge is 0.327 e. The molecule has 1 atom stereocenters. The standard InChI is InChI=1S/C12H13Cl2N/c1-3-11(14)15-8(2)7-9-5-4-6-10(13)12(9)15/h4-7,11H,3H2,1-2H3. The Morgan fingerprint density at radius 1 is 1.40 bits per heavy atom. The zero-order chi connectivity index (χ0) is 11.0. The molecule has 0 saturated carbocycles. The molecule has 2 rings (SSSR count). The van der Waals surface area contributed by atoms with E-state index in [1.54, 1.807) is 0 Å². The third-order valence-corrected chi connectivity index (χ3v) is 3.43. The second kappa shape index (κ2) is 4.07. The maximum Gasteiger partial charge on any atom is 0.108 e. The summed E-state index contributed by atoms with van der Waals surface area (Å²) in [7, 11) is 0. The fraction of sp³-hybridized carbons (Fsp3) is 0.333. The van der Waals surface area contributed by atoms with Crippen LogP contribution >= 0.6 is 23.2 Å². The first-order valence-electron chi connectivity index (χ1n) is 5.05. The first kappa shape index (κ1) is 10.8. The molecule has 0 aliphatic heterocycles. The van der Waals surface area contributed by atoms with Crippen LogP contribution in [0.4, 0.5) is 0 Å². The Balaban J connectivity index is 2.76. The van der Waals surface area contributed by atoms with Gasteiger partial charge < -0.3 is 4.57 Å². The number of benzene rings is 1. The van der Waals surface area contributed by atoms with Crippen LogP contribution in [0.1, 0.15) is 24.5 Å². The molecule has 1 heterocycles. The normalized spacial score (nSPS) is 13.3. The third kappa shape index (κ3) is 1.75. The summed E-state index contributed by atoms with van der Waals surface area (Å²) in [5.41, 5.74) is 2.17. The van der Waals surface area contributed by atoms with Crippen LogP contribution in [0.3, 0.4) is 0 Å². The van der Waals surface area contributed by atoms with Crippen molar-refractivity contribution in [2.24, 2.45) is 0 Å². The van der Waals surface area contributed by atoms with Crippen molar-refractivity contribution in [3.05, 3.63) is 35.0 Å². The fourth-order valence-electron chi connectivity index (χ4n) is 1.92. The molecule has 2 aromatic rings. The highest BCUT2D eigenvalue weighted by molar-refractivity contribution is 6.35. The molecule has 1 aromatic carbocycles. The predicted molar refractivity (Wildman–Crippen MR) is 66.9 cm³/mol. The van der Waals surface area contributed by atoms with E-state index in [1.165, 1.54) is 0 Å². The van der Waals surface area contributed by atoms with Gasteiger partial charge in [0, 0.05) is 11.1 Å².